The van der Waals surface area contributed by atoms with E-state index in [9.17, 15) is 4.79 Å². The molecule has 2 heterocycles. The minimum absolute atomic E-state index is 0.107. The first-order valence-electron chi connectivity index (χ1n) is 6.74. The summed E-state index contributed by atoms with van der Waals surface area (Å²) in [4.78, 5) is 18.0. The lowest BCUT2D eigenvalue weighted by Gasteiger charge is -2.38. The van der Waals surface area contributed by atoms with Crippen LogP contribution in [0.4, 0.5) is 0 Å². The number of hydrogen-bond acceptors (Lipinski definition) is 4. The third-order valence-electron chi connectivity index (χ3n) is 3.38. The number of likely N-dealkylation sites (tertiary alicyclic amines) is 1. The van der Waals surface area contributed by atoms with Crippen LogP contribution in [0.3, 0.4) is 0 Å². The highest BCUT2D eigenvalue weighted by Crippen LogP contribution is 2.24. The van der Waals surface area contributed by atoms with Gasteiger partial charge < -0.3 is 9.64 Å². The molecule has 0 aliphatic carbocycles. The standard InChI is InChI=1S/C16H12ClN3O2/c17-14-5-2-6-19-15(14)22-13-9-20(10-13)16(21)12-4-1-3-11(7-12)8-18/h1-7,13H,9-10H2. The molecule has 1 aliphatic heterocycles. The normalized spacial score (nSPS) is 14.1. The second-order valence-corrected chi connectivity index (χ2v) is 5.34. The van der Waals surface area contributed by atoms with Crippen LogP contribution >= 0.6 is 11.6 Å². The highest BCUT2D eigenvalue weighted by atomic mass is 35.5. The van der Waals surface area contributed by atoms with Gasteiger partial charge in [0.25, 0.3) is 5.91 Å². The average molecular weight is 314 g/mol. The number of ether oxygens (including phenoxy) is 1. The highest BCUT2D eigenvalue weighted by Gasteiger charge is 2.33. The molecule has 1 aromatic heterocycles. The van der Waals surface area contributed by atoms with Crippen LogP contribution in [0.5, 0.6) is 5.88 Å². The van der Waals surface area contributed by atoms with Crippen molar-refractivity contribution in [1.29, 1.82) is 5.26 Å². The predicted octanol–water partition coefficient (Wildman–Crippen LogP) is 2.51. The van der Waals surface area contributed by atoms with E-state index < -0.39 is 0 Å². The number of nitriles is 1. The summed E-state index contributed by atoms with van der Waals surface area (Å²) in [6, 6.07) is 12.1. The van der Waals surface area contributed by atoms with Gasteiger partial charge in [0, 0.05) is 11.8 Å². The molecule has 1 aromatic carbocycles. The number of carbonyl (C=O) groups is 1. The van der Waals surface area contributed by atoms with Gasteiger partial charge in [-0.3, -0.25) is 4.79 Å². The van der Waals surface area contributed by atoms with Crippen molar-refractivity contribution in [3.63, 3.8) is 0 Å². The van der Waals surface area contributed by atoms with E-state index in [4.69, 9.17) is 21.6 Å². The maximum atomic E-state index is 12.3. The molecule has 110 valence electrons. The summed E-state index contributed by atoms with van der Waals surface area (Å²) in [5.74, 6) is 0.275. The van der Waals surface area contributed by atoms with Crippen molar-refractivity contribution >= 4 is 17.5 Å². The Kier molecular flexibility index (Phi) is 3.94. The van der Waals surface area contributed by atoms with E-state index in [0.717, 1.165) is 0 Å². The van der Waals surface area contributed by atoms with Crippen LogP contribution in [-0.2, 0) is 0 Å². The van der Waals surface area contributed by atoms with Gasteiger partial charge in [0.15, 0.2) is 0 Å². The minimum atomic E-state index is -0.115. The molecule has 1 fully saturated rings. The van der Waals surface area contributed by atoms with E-state index in [1.807, 2.05) is 6.07 Å². The molecular weight excluding hydrogens is 302 g/mol. The van der Waals surface area contributed by atoms with Gasteiger partial charge >= 0.3 is 0 Å². The Bertz CT molecular complexity index is 751. The van der Waals surface area contributed by atoms with E-state index in [-0.39, 0.29) is 12.0 Å². The zero-order valence-electron chi connectivity index (χ0n) is 11.6. The summed E-state index contributed by atoms with van der Waals surface area (Å²) in [6.07, 6.45) is 1.49. The summed E-state index contributed by atoms with van der Waals surface area (Å²) in [7, 11) is 0. The van der Waals surface area contributed by atoms with Gasteiger partial charge in [0.2, 0.25) is 5.88 Å². The third-order valence-corrected chi connectivity index (χ3v) is 3.66. The molecule has 1 aliphatic rings. The largest absolute Gasteiger partial charge is 0.470 e. The van der Waals surface area contributed by atoms with Gasteiger partial charge in [-0.1, -0.05) is 17.7 Å². The van der Waals surface area contributed by atoms with E-state index in [0.29, 0.717) is 35.1 Å². The summed E-state index contributed by atoms with van der Waals surface area (Å²) in [6.45, 7) is 0.949. The molecule has 0 spiro atoms. The molecular formula is C16H12ClN3O2. The molecule has 22 heavy (non-hydrogen) atoms. The van der Waals surface area contributed by atoms with E-state index in [2.05, 4.69) is 4.98 Å². The van der Waals surface area contributed by atoms with Crippen LogP contribution in [0.15, 0.2) is 42.6 Å². The number of halogens is 1. The van der Waals surface area contributed by atoms with Gasteiger partial charge in [0.1, 0.15) is 11.1 Å². The SMILES string of the molecule is N#Cc1cccc(C(=O)N2CC(Oc3ncccc3Cl)C2)c1. The van der Waals surface area contributed by atoms with E-state index in [1.54, 1.807) is 47.5 Å². The molecule has 5 nitrogen and oxygen atoms in total. The summed E-state index contributed by atoms with van der Waals surface area (Å²) >= 11 is 5.98. The van der Waals surface area contributed by atoms with Crippen molar-refractivity contribution in [2.45, 2.75) is 6.10 Å². The first kappa shape index (κ1) is 14.4. The molecule has 0 atom stereocenters. The summed E-state index contributed by atoms with van der Waals surface area (Å²) < 4.78 is 5.65. The van der Waals surface area contributed by atoms with Gasteiger partial charge in [-0.25, -0.2) is 4.98 Å². The fourth-order valence-corrected chi connectivity index (χ4v) is 2.36. The van der Waals surface area contributed by atoms with Crippen LogP contribution < -0.4 is 4.74 Å². The number of nitrogens with zero attached hydrogens (tertiary/aromatic N) is 3. The van der Waals surface area contributed by atoms with Crippen LogP contribution in [-0.4, -0.2) is 35.0 Å². The minimum Gasteiger partial charge on any atom is -0.470 e. The first-order chi connectivity index (χ1) is 10.7. The number of rotatable bonds is 3. The number of aromatic nitrogens is 1. The second kappa shape index (κ2) is 6.04. The van der Waals surface area contributed by atoms with Crippen LogP contribution in [0.25, 0.3) is 0 Å². The summed E-state index contributed by atoms with van der Waals surface area (Å²) in [5, 5.41) is 9.32. The van der Waals surface area contributed by atoms with Gasteiger partial charge in [0.05, 0.1) is 24.7 Å². The number of amides is 1. The van der Waals surface area contributed by atoms with Crippen molar-refractivity contribution in [3.8, 4) is 11.9 Å². The van der Waals surface area contributed by atoms with Gasteiger partial charge in [-0.2, -0.15) is 5.26 Å². The number of hydrogen-bond donors (Lipinski definition) is 0. The topological polar surface area (TPSA) is 66.2 Å². The molecule has 6 heteroatoms. The molecule has 1 amide bonds. The molecule has 0 radical (unpaired) electrons. The quantitative estimate of drug-likeness (QED) is 0.873. The number of pyridine rings is 1. The first-order valence-corrected chi connectivity index (χ1v) is 7.12. The maximum Gasteiger partial charge on any atom is 0.254 e. The van der Waals surface area contributed by atoms with E-state index in [1.165, 1.54) is 0 Å². The van der Waals surface area contributed by atoms with Gasteiger partial charge in [-0.05, 0) is 30.3 Å². The van der Waals surface area contributed by atoms with Crippen molar-refractivity contribution < 1.29 is 9.53 Å². The van der Waals surface area contributed by atoms with Crippen LogP contribution in [0.1, 0.15) is 15.9 Å². The molecule has 0 bridgehead atoms. The Balaban J connectivity index is 1.60. The monoisotopic (exact) mass is 313 g/mol. The Labute approximate surface area is 132 Å². The van der Waals surface area contributed by atoms with Crippen molar-refractivity contribution in [3.05, 3.63) is 58.7 Å². The molecule has 1 saturated heterocycles. The highest BCUT2D eigenvalue weighted by molar-refractivity contribution is 6.31. The lowest BCUT2D eigenvalue weighted by atomic mass is 10.1. The lowest BCUT2D eigenvalue weighted by Crippen LogP contribution is -2.56. The van der Waals surface area contributed by atoms with Crippen molar-refractivity contribution in [1.82, 2.24) is 9.88 Å². The molecule has 3 rings (SSSR count). The fraction of sp³-hybridized carbons (Fsp3) is 0.188. The smallest absolute Gasteiger partial charge is 0.254 e. The maximum absolute atomic E-state index is 12.3. The molecule has 0 unspecified atom stereocenters. The zero-order chi connectivity index (χ0) is 15.5. The van der Waals surface area contributed by atoms with E-state index >= 15 is 0 Å². The van der Waals surface area contributed by atoms with Crippen molar-refractivity contribution in [2.24, 2.45) is 0 Å². The van der Waals surface area contributed by atoms with Crippen molar-refractivity contribution in [2.75, 3.05) is 13.1 Å². The Morgan fingerprint density at radius 1 is 1.36 bits per heavy atom. The Hall–Kier alpha value is -2.58. The number of carbonyl (C=O) groups excluding carboxylic acids is 1. The Morgan fingerprint density at radius 3 is 2.91 bits per heavy atom. The van der Waals surface area contributed by atoms with Crippen LogP contribution in [0.2, 0.25) is 5.02 Å². The fourth-order valence-electron chi connectivity index (χ4n) is 2.20. The third kappa shape index (κ3) is 2.87. The molecule has 0 saturated carbocycles. The predicted molar refractivity (Wildman–Crippen MR) is 80.7 cm³/mol. The lowest BCUT2D eigenvalue weighted by molar-refractivity contribution is 0.0160. The summed E-state index contributed by atoms with van der Waals surface area (Å²) in [5.41, 5.74) is 0.979. The molecule has 2 aromatic rings. The second-order valence-electron chi connectivity index (χ2n) is 4.93. The zero-order valence-corrected chi connectivity index (χ0v) is 12.3. The molecule has 0 N–H and O–H groups in total. The van der Waals surface area contributed by atoms with Crippen LogP contribution in [0, 0.1) is 11.3 Å². The number of benzene rings is 1. The van der Waals surface area contributed by atoms with Gasteiger partial charge in [-0.15, -0.1) is 0 Å². The Morgan fingerprint density at radius 2 is 2.18 bits per heavy atom. The average Bonchev–Trinajstić information content (AvgIpc) is 2.51.